The maximum absolute atomic E-state index is 13.4. The molecule has 24 heavy (non-hydrogen) atoms. The number of hydrogen-bond donors (Lipinski definition) is 1. The third kappa shape index (κ3) is 4.64. The molecule has 0 saturated carbocycles. The fourth-order valence-electron chi connectivity index (χ4n) is 2.29. The highest BCUT2D eigenvalue weighted by Crippen LogP contribution is 2.39. The van der Waals surface area contributed by atoms with Crippen molar-refractivity contribution in [2.24, 2.45) is 0 Å². The van der Waals surface area contributed by atoms with Crippen molar-refractivity contribution in [2.75, 3.05) is 31.1 Å². The van der Waals surface area contributed by atoms with E-state index in [1.807, 2.05) is 18.2 Å². The van der Waals surface area contributed by atoms with Crippen LogP contribution < -0.4 is 10.2 Å². The predicted molar refractivity (Wildman–Crippen MR) is 80.7 cm³/mol. The topological polar surface area (TPSA) is 28.2 Å². The molecule has 8 heteroatoms. The molecule has 0 aliphatic carbocycles. The van der Waals surface area contributed by atoms with Gasteiger partial charge in [0, 0.05) is 38.6 Å². The van der Waals surface area contributed by atoms with Crippen LogP contribution in [0.3, 0.4) is 0 Å². The average molecular weight is 345 g/mol. The number of nitrogens with zero attached hydrogens (tertiary/aromatic N) is 2. The molecule has 1 aliphatic rings. The Morgan fingerprint density at radius 2 is 1.58 bits per heavy atom. The van der Waals surface area contributed by atoms with Crippen molar-refractivity contribution in [3.63, 3.8) is 0 Å². The number of halogens is 5. The van der Waals surface area contributed by atoms with Gasteiger partial charge in [-0.25, -0.2) is 8.78 Å². The summed E-state index contributed by atoms with van der Waals surface area (Å²) in [5, 5.41) is 2.98. The van der Waals surface area contributed by atoms with Crippen LogP contribution in [0.15, 0.2) is 42.7 Å². The fraction of sp³-hybridized carbons (Fsp3) is 0.312. The van der Waals surface area contributed by atoms with Crippen molar-refractivity contribution in [3.8, 4) is 0 Å². The monoisotopic (exact) mass is 345 g/mol. The Balaban J connectivity index is 0.000000292. The van der Waals surface area contributed by atoms with Gasteiger partial charge >= 0.3 is 6.18 Å². The van der Waals surface area contributed by atoms with Crippen molar-refractivity contribution >= 4 is 5.69 Å². The van der Waals surface area contributed by atoms with E-state index in [4.69, 9.17) is 0 Å². The van der Waals surface area contributed by atoms with Gasteiger partial charge in [-0.1, -0.05) is 6.07 Å². The first-order chi connectivity index (χ1) is 11.4. The van der Waals surface area contributed by atoms with E-state index in [1.165, 1.54) is 4.90 Å². The van der Waals surface area contributed by atoms with E-state index in [1.54, 1.807) is 12.4 Å². The minimum Gasteiger partial charge on any atom is -0.368 e. The summed E-state index contributed by atoms with van der Waals surface area (Å²) in [6.45, 7) is 1.68. The number of aromatic nitrogens is 1. The lowest BCUT2D eigenvalue weighted by Crippen LogP contribution is -2.44. The first kappa shape index (κ1) is 18.1. The molecule has 1 N–H and O–H groups in total. The lowest BCUT2D eigenvalue weighted by Gasteiger charge is -2.31. The zero-order valence-electron chi connectivity index (χ0n) is 12.7. The molecule has 0 spiro atoms. The summed E-state index contributed by atoms with van der Waals surface area (Å²) in [7, 11) is 0. The van der Waals surface area contributed by atoms with E-state index >= 15 is 0 Å². The molecule has 0 atom stereocenters. The molecule has 1 fully saturated rings. The van der Waals surface area contributed by atoms with Gasteiger partial charge in [-0.15, -0.1) is 0 Å². The second-order valence-electron chi connectivity index (χ2n) is 5.01. The van der Waals surface area contributed by atoms with E-state index < -0.39 is 23.4 Å². The SMILES string of the molecule is Fc1ccc(N2CCNCC2)c(C(F)(F)F)c1F.c1ccncc1. The largest absolute Gasteiger partial charge is 0.421 e. The molecule has 1 aromatic carbocycles. The third-order valence-electron chi connectivity index (χ3n) is 3.38. The summed E-state index contributed by atoms with van der Waals surface area (Å²) in [5.41, 5.74) is -1.83. The molecule has 0 amide bonds. The lowest BCUT2D eigenvalue weighted by molar-refractivity contribution is -0.139. The molecule has 0 radical (unpaired) electrons. The van der Waals surface area contributed by atoms with Gasteiger partial charge in [0.1, 0.15) is 5.56 Å². The van der Waals surface area contributed by atoms with Crippen LogP contribution >= 0.6 is 0 Å². The van der Waals surface area contributed by atoms with Gasteiger partial charge in [-0.05, 0) is 24.3 Å². The van der Waals surface area contributed by atoms with Crippen LogP contribution in [0.1, 0.15) is 5.56 Å². The molecular formula is C16H16F5N3. The Morgan fingerprint density at radius 3 is 2.04 bits per heavy atom. The number of hydrogen-bond acceptors (Lipinski definition) is 3. The molecule has 0 bridgehead atoms. The van der Waals surface area contributed by atoms with Crippen LogP contribution in [0, 0.1) is 11.6 Å². The fourth-order valence-corrected chi connectivity index (χ4v) is 2.29. The summed E-state index contributed by atoms with van der Waals surface area (Å²) in [6, 6.07) is 7.42. The van der Waals surface area contributed by atoms with Crippen LogP contribution in [0.2, 0.25) is 0 Å². The first-order valence-corrected chi connectivity index (χ1v) is 7.27. The number of piperazine rings is 1. The minimum absolute atomic E-state index is 0.303. The van der Waals surface area contributed by atoms with Crippen molar-refractivity contribution in [1.82, 2.24) is 10.3 Å². The van der Waals surface area contributed by atoms with Gasteiger partial charge in [0.15, 0.2) is 11.6 Å². The zero-order chi connectivity index (χ0) is 17.6. The van der Waals surface area contributed by atoms with Gasteiger partial charge in [-0.3, -0.25) is 4.98 Å². The third-order valence-corrected chi connectivity index (χ3v) is 3.38. The van der Waals surface area contributed by atoms with Crippen LogP contribution in [-0.4, -0.2) is 31.2 Å². The van der Waals surface area contributed by atoms with Crippen molar-refractivity contribution in [2.45, 2.75) is 6.18 Å². The second kappa shape index (κ2) is 8.05. The number of pyridine rings is 1. The Bertz CT molecular complexity index is 613. The van der Waals surface area contributed by atoms with Gasteiger partial charge < -0.3 is 10.2 Å². The van der Waals surface area contributed by atoms with E-state index in [2.05, 4.69) is 10.3 Å². The Labute approximate surface area is 136 Å². The second-order valence-corrected chi connectivity index (χ2v) is 5.01. The van der Waals surface area contributed by atoms with Crippen LogP contribution in [0.25, 0.3) is 0 Å². The van der Waals surface area contributed by atoms with Gasteiger partial charge in [0.2, 0.25) is 0 Å². The minimum atomic E-state index is -4.91. The van der Waals surface area contributed by atoms with E-state index in [0.717, 1.165) is 12.1 Å². The zero-order valence-corrected chi connectivity index (χ0v) is 12.7. The van der Waals surface area contributed by atoms with Gasteiger partial charge in [-0.2, -0.15) is 13.2 Å². The number of anilines is 1. The van der Waals surface area contributed by atoms with Crippen molar-refractivity contribution < 1.29 is 22.0 Å². The lowest BCUT2D eigenvalue weighted by atomic mass is 10.1. The summed E-state index contributed by atoms with van der Waals surface area (Å²) in [4.78, 5) is 5.19. The van der Waals surface area contributed by atoms with E-state index in [9.17, 15) is 22.0 Å². The molecule has 0 unspecified atom stereocenters. The van der Waals surface area contributed by atoms with Crippen LogP contribution in [-0.2, 0) is 6.18 Å². The molecule has 2 aromatic rings. The summed E-state index contributed by atoms with van der Waals surface area (Å²) in [6.07, 6.45) is -1.41. The normalized spacial score (nSPS) is 14.8. The number of rotatable bonds is 1. The van der Waals surface area contributed by atoms with Gasteiger partial charge in [0.25, 0.3) is 0 Å². The summed E-state index contributed by atoms with van der Waals surface area (Å²) in [5.74, 6) is -3.32. The van der Waals surface area contributed by atoms with Crippen LogP contribution in [0.4, 0.5) is 27.6 Å². The highest BCUT2D eigenvalue weighted by molar-refractivity contribution is 5.56. The van der Waals surface area contributed by atoms with E-state index in [-0.39, 0.29) is 5.69 Å². The molecule has 3 nitrogen and oxygen atoms in total. The van der Waals surface area contributed by atoms with Crippen molar-refractivity contribution in [3.05, 3.63) is 59.9 Å². The standard InChI is InChI=1S/C11H11F5N2.C5H5N/c12-7-1-2-8(18-5-3-17-4-6-18)9(10(7)13)11(14,15)16;1-2-4-6-5-3-1/h1-2,17H,3-6H2;1-5H. The van der Waals surface area contributed by atoms with Crippen LogP contribution in [0.5, 0.6) is 0 Å². The highest BCUT2D eigenvalue weighted by atomic mass is 19.4. The summed E-state index contributed by atoms with van der Waals surface area (Å²) >= 11 is 0. The smallest absolute Gasteiger partial charge is 0.368 e. The maximum Gasteiger partial charge on any atom is 0.421 e. The molecule has 2 heterocycles. The quantitative estimate of drug-likeness (QED) is 0.802. The summed E-state index contributed by atoms with van der Waals surface area (Å²) < 4.78 is 64.7. The average Bonchev–Trinajstić information content (AvgIpc) is 2.59. The van der Waals surface area contributed by atoms with E-state index in [0.29, 0.717) is 26.2 Å². The first-order valence-electron chi connectivity index (χ1n) is 7.27. The highest BCUT2D eigenvalue weighted by Gasteiger charge is 2.39. The predicted octanol–water partition coefficient (Wildman–Crippen LogP) is 3.47. The molecular weight excluding hydrogens is 329 g/mol. The Hall–Kier alpha value is -2.22. The molecule has 1 aromatic heterocycles. The molecule has 130 valence electrons. The number of alkyl halides is 3. The molecule has 1 aliphatic heterocycles. The Kier molecular flexibility index (Phi) is 6.08. The molecule has 1 saturated heterocycles. The van der Waals surface area contributed by atoms with Gasteiger partial charge in [0.05, 0.1) is 5.69 Å². The Morgan fingerprint density at radius 1 is 0.958 bits per heavy atom. The maximum atomic E-state index is 13.4. The van der Waals surface area contributed by atoms with Crippen molar-refractivity contribution in [1.29, 1.82) is 0 Å². The number of benzene rings is 1. The number of nitrogens with one attached hydrogen (secondary N) is 1. The molecule has 3 rings (SSSR count).